The van der Waals surface area contributed by atoms with Crippen LogP contribution in [0.25, 0.3) is 5.69 Å². The van der Waals surface area contributed by atoms with Gasteiger partial charge >= 0.3 is 0 Å². The monoisotopic (exact) mass is 584 g/mol. The lowest BCUT2D eigenvalue weighted by Crippen LogP contribution is -2.38. The normalized spacial score (nSPS) is 22.6. The number of rotatable bonds is 6. The second-order valence-electron chi connectivity index (χ2n) is 11.7. The standard InChI is InChI=1S/C33H37ClN6S/c1-22-18-23(2)21-38(20-22)29-15-14-26(19-27(29)34)40-32(31(36-33(40)41)28-8-5-6-16-35-28)30-9-7-17-39(30)25-12-10-24(11-13-25)37(3)4/h5-17,19,22-23,31-32H,18,20-21H2,1-4H3,(H,36,41)/t22-,23+,31-,32+/m0/s1. The quantitative estimate of drug-likeness (QED) is 0.241. The third kappa shape index (κ3) is 5.41. The van der Waals surface area contributed by atoms with E-state index < -0.39 is 0 Å². The lowest BCUT2D eigenvalue weighted by molar-refractivity contribution is 0.357. The maximum Gasteiger partial charge on any atom is 0.174 e. The molecule has 0 saturated carbocycles. The van der Waals surface area contributed by atoms with Crippen LogP contribution in [0.4, 0.5) is 17.1 Å². The number of anilines is 3. The SMILES string of the molecule is C[C@@H]1C[C@H](C)CN(c2ccc(N3C(=S)N[C@@H](c4ccccn4)[C@H]3c3cccn3-c3ccc(N(C)C)cc3)cc2Cl)C1. The Morgan fingerprint density at radius 1 is 0.927 bits per heavy atom. The Hall–Kier alpha value is -3.55. The Morgan fingerprint density at radius 3 is 2.32 bits per heavy atom. The molecule has 2 saturated heterocycles. The number of nitrogens with one attached hydrogen (secondary N) is 1. The molecule has 2 aliphatic rings. The van der Waals surface area contributed by atoms with Gasteiger partial charge in [-0.25, -0.2) is 0 Å². The van der Waals surface area contributed by atoms with Gasteiger partial charge in [0.1, 0.15) is 6.04 Å². The number of hydrogen-bond donors (Lipinski definition) is 1. The van der Waals surface area contributed by atoms with Gasteiger partial charge in [-0.2, -0.15) is 0 Å². The van der Waals surface area contributed by atoms with Crippen molar-refractivity contribution >= 4 is 46.0 Å². The van der Waals surface area contributed by atoms with Crippen molar-refractivity contribution < 1.29 is 0 Å². The molecule has 2 fully saturated rings. The molecule has 6 rings (SSSR count). The molecule has 0 unspecified atom stereocenters. The molecule has 1 N–H and O–H groups in total. The van der Waals surface area contributed by atoms with Crippen LogP contribution in [0.2, 0.25) is 5.02 Å². The minimum Gasteiger partial charge on any atom is -0.378 e. The van der Waals surface area contributed by atoms with E-state index in [1.165, 1.54) is 6.42 Å². The predicted octanol–water partition coefficient (Wildman–Crippen LogP) is 7.25. The highest BCUT2D eigenvalue weighted by Gasteiger charge is 2.42. The van der Waals surface area contributed by atoms with Gasteiger partial charge in [0.2, 0.25) is 0 Å². The van der Waals surface area contributed by atoms with Crippen molar-refractivity contribution in [3.8, 4) is 5.69 Å². The molecule has 6 nitrogen and oxygen atoms in total. The van der Waals surface area contributed by atoms with Gasteiger partial charge in [-0.3, -0.25) is 4.98 Å². The van der Waals surface area contributed by atoms with E-state index >= 15 is 0 Å². The van der Waals surface area contributed by atoms with Crippen LogP contribution in [-0.2, 0) is 0 Å². The van der Waals surface area contributed by atoms with E-state index in [0.717, 1.165) is 52.2 Å². The first kappa shape index (κ1) is 27.6. The second-order valence-corrected chi connectivity index (χ2v) is 12.5. The van der Waals surface area contributed by atoms with Gasteiger partial charge in [-0.15, -0.1) is 0 Å². The summed E-state index contributed by atoms with van der Waals surface area (Å²) in [6, 6.07) is 25.0. The number of aromatic nitrogens is 2. The van der Waals surface area contributed by atoms with Crippen LogP contribution in [0, 0.1) is 11.8 Å². The first-order valence-corrected chi connectivity index (χ1v) is 15.1. The highest BCUT2D eigenvalue weighted by Crippen LogP contribution is 2.44. The molecule has 2 aliphatic heterocycles. The van der Waals surface area contributed by atoms with Gasteiger partial charge in [0.15, 0.2) is 5.11 Å². The van der Waals surface area contributed by atoms with Gasteiger partial charge in [-0.1, -0.05) is 31.5 Å². The van der Waals surface area contributed by atoms with Crippen molar-refractivity contribution in [2.75, 3.05) is 41.9 Å². The van der Waals surface area contributed by atoms with Crippen LogP contribution in [0.5, 0.6) is 0 Å². The summed E-state index contributed by atoms with van der Waals surface area (Å²) in [5.74, 6) is 1.29. The van der Waals surface area contributed by atoms with Gasteiger partial charge in [-0.05, 0) is 97.2 Å². The highest BCUT2D eigenvalue weighted by molar-refractivity contribution is 7.80. The lowest BCUT2D eigenvalue weighted by Gasteiger charge is -2.37. The maximum absolute atomic E-state index is 7.02. The first-order valence-electron chi connectivity index (χ1n) is 14.3. The molecular weight excluding hydrogens is 548 g/mol. The zero-order valence-electron chi connectivity index (χ0n) is 24.0. The van der Waals surface area contributed by atoms with Crippen LogP contribution in [0.15, 0.2) is 85.2 Å². The Balaban J connectivity index is 1.41. The molecule has 0 spiro atoms. The first-order chi connectivity index (χ1) is 19.8. The summed E-state index contributed by atoms with van der Waals surface area (Å²) in [5.41, 5.74) is 6.37. The van der Waals surface area contributed by atoms with E-state index in [1.807, 2.05) is 18.3 Å². The summed E-state index contributed by atoms with van der Waals surface area (Å²) in [6.07, 6.45) is 5.21. The molecule has 4 heterocycles. The van der Waals surface area contributed by atoms with Crippen LogP contribution in [-0.4, -0.2) is 41.8 Å². The number of piperidine rings is 1. The fraction of sp³-hybridized carbons (Fsp3) is 0.333. The van der Waals surface area contributed by atoms with Crippen LogP contribution < -0.4 is 20.0 Å². The van der Waals surface area contributed by atoms with Crippen molar-refractivity contribution in [1.29, 1.82) is 0 Å². The Morgan fingerprint density at radius 2 is 1.66 bits per heavy atom. The molecule has 2 aromatic carbocycles. The fourth-order valence-electron chi connectivity index (χ4n) is 6.48. The fourth-order valence-corrected chi connectivity index (χ4v) is 7.12. The predicted molar refractivity (Wildman–Crippen MR) is 175 cm³/mol. The van der Waals surface area contributed by atoms with E-state index in [9.17, 15) is 0 Å². The molecule has 8 heteroatoms. The summed E-state index contributed by atoms with van der Waals surface area (Å²) >= 11 is 13.0. The average molecular weight is 585 g/mol. The second kappa shape index (κ2) is 11.4. The summed E-state index contributed by atoms with van der Waals surface area (Å²) in [5, 5.41) is 5.00. The minimum atomic E-state index is -0.141. The maximum atomic E-state index is 7.02. The summed E-state index contributed by atoms with van der Waals surface area (Å²) in [4.78, 5) is 11.5. The molecule has 0 amide bonds. The molecule has 4 atom stereocenters. The third-order valence-electron chi connectivity index (χ3n) is 8.24. The third-order valence-corrected chi connectivity index (χ3v) is 8.86. The zero-order valence-corrected chi connectivity index (χ0v) is 25.6. The van der Waals surface area contributed by atoms with E-state index in [1.54, 1.807) is 0 Å². The summed E-state index contributed by atoms with van der Waals surface area (Å²) in [6.45, 7) is 6.70. The highest BCUT2D eigenvalue weighted by atomic mass is 35.5. The molecule has 0 radical (unpaired) electrons. The van der Waals surface area contributed by atoms with Crippen LogP contribution in [0.3, 0.4) is 0 Å². The molecule has 0 bridgehead atoms. The topological polar surface area (TPSA) is 39.6 Å². The molecule has 0 aliphatic carbocycles. The smallest absolute Gasteiger partial charge is 0.174 e. The number of thiocarbonyl (C=S) groups is 1. The zero-order chi connectivity index (χ0) is 28.7. The number of pyridine rings is 1. The Kier molecular flexibility index (Phi) is 7.66. The van der Waals surface area contributed by atoms with Crippen molar-refractivity contribution in [1.82, 2.24) is 14.9 Å². The van der Waals surface area contributed by atoms with Gasteiger partial charge in [0.05, 0.1) is 22.4 Å². The number of nitrogens with zero attached hydrogens (tertiary/aromatic N) is 5. The Labute approximate surface area is 253 Å². The van der Waals surface area contributed by atoms with E-state index in [-0.39, 0.29) is 12.1 Å². The van der Waals surface area contributed by atoms with E-state index in [0.29, 0.717) is 16.9 Å². The molecular formula is C33H37ClN6S. The number of hydrogen-bond acceptors (Lipinski definition) is 4. The molecule has 2 aromatic heterocycles. The number of benzene rings is 2. The van der Waals surface area contributed by atoms with Crippen LogP contribution >= 0.6 is 23.8 Å². The van der Waals surface area contributed by atoms with Crippen molar-refractivity contribution in [3.63, 3.8) is 0 Å². The largest absolute Gasteiger partial charge is 0.378 e. The summed E-state index contributed by atoms with van der Waals surface area (Å²) < 4.78 is 2.25. The molecule has 212 valence electrons. The van der Waals surface area contributed by atoms with E-state index in [2.05, 4.69) is 119 Å². The number of halogens is 1. The Bertz CT molecular complexity index is 1510. The van der Waals surface area contributed by atoms with Crippen molar-refractivity contribution in [2.24, 2.45) is 11.8 Å². The summed E-state index contributed by atoms with van der Waals surface area (Å²) in [7, 11) is 4.11. The molecule has 4 aromatic rings. The van der Waals surface area contributed by atoms with E-state index in [4.69, 9.17) is 28.8 Å². The lowest BCUT2D eigenvalue weighted by atomic mass is 9.91. The van der Waals surface area contributed by atoms with Gasteiger partial charge < -0.3 is 24.6 Å². The average Bonchev–Trinajstić information content (AvgIpc) is 3.57. The van der Waals surface area contributed by atoms with Gasteiger partial charge in [0.25, 0.3) is 0 Å². The van der Waals surface area contributed by atoms with Crippen molar-refractivity contribution in [3.05, 3.63) is 102 Å². The minimum absolute atomic E-state index is 0.138. The van der Waals surface area contributed by atoms with Crippen LogP contribution in [0.1, 0.15) is 43.7 Å². The molecule has 41 heavy (non-hydrogen) atoms. The van der Waals surface area contributed by atoms with Crippen molar-refractivity contribution in [2.45, 2.75) is 32.4 Å². The van der Waals surface area contributed by atoms with Gasteiger partial charge in [0, 0.05) is 62.3 Å².